The van der Waals surface area contributed by atoms with Gasteiger partial charge < -0.3 is 35.2 Å². The standard InChI is InChI=1S/C22H32N2O5/c23-17-19-3-1-5-21(15-19)28-13-11-26-9-7-25-8-10-27-12-14-29-22-6-2-4-20(16-22)18-24/h1-6,15-16H,7-14,17-18,23-24H2. The summed E-state index contributed by atoms with van der Waals surface area (Å²) in [6.45, 7) is 5.10. The van der Waals surface area contributed by atoms with Crippen molar-refractivity contribution in [3.8, 4) is 11.5 Å². The van der Waals surface area contributed by atoms with Crippen molar-refractivity contribution >= 4 is 0 Å². The van der Waals surface area contributed by atoms with Gasteiger partial charge in [0.1, 0.15) is 24.7 Å². The molecule has 0 spiro atoms. The summed E-state index contributed by atoms with van der Waals surface area (Å²) in [4.78, 5) is 0. The van der Waals surface area contributed by atoms with E-state index in [-0.39, 0.29) is 0 Å². The van der Waals surface area contributed by atoms with Crippen molar-refractivity contribution in [1.82, 2.24) is 0 Å². The Morgan fingerprint density at radius 1 is 0.517 bits per heavy atom. The zero-order valence-corrected chi connectivity index (χ0v) is 16.9. The van der Waals surface area contributed by atoms with Gasteiger partial charge in [0.2, 0.25) is 0 Å². The molecule has 0 aliphatic heterocycles. The molecule has 0 fully saturated rings. The lowest BCUT2D eigenvalue weighted by Crippen LogP contribution is -2.14. The monoisotopic (exact) mass is 404 g/mol. The average Bonchev–Trinajstić information content (AvgIpc) is 2.77. The molecule has 2 rings (SSSR count). The number of hydrogen-bond donors (Lipinski definition) is 2. The number of nitrogens with two attached hydrogens (primary N) is 2. The molecule has 2 aromatic carbocycles. The number of hydrogen-bond acceptors (Lipinski definition) is 7. The maximum absolute atomic E-state index is 5.62. The van der Waals surface area contributed by atoms with E-state index in [1.165, 1.54) is 0 Å². The van der Waals surface area contributed by atoms with Crippen LogP contribution in [0.1, 0.15) is 11.1 Å². The lowest BCUT2D eigenvalue weighted by atomic mass is 10.2. The Bertz CT molecular complexity index is 626. The predicted octanol–water partition coefficient (Wildman–Crippen LogP) is 2.11. The second-order valence-corrected chi connectivity index (χ2v) is 6.24. The second kappa shape index (κ2) is 14.8. The fraction of sp³-hybridized carbons (Fsp3) is 0.455. The fourth-order valence-electron chi connectivity index (χ4n) is 2.50. The number of ether oxygens (including phenoxy) is 5. The van der Waals surface area contributed by atoms with E-state index in [0.29, 0.717) is 65.9 Å². The Morgan fingerprint density at radius 3 is 1.28 bits per heavy atom. The van der Waals surface area contributed by atoms with Crippen LogP contribution in [-0.2, 0) is 27.3 Å². The van der Waals surface area contributed by atoms with E-state index < -0.39 is 0 Å². The Kier molecular flexibility index (Phi) is 11.8. The largest absolute Gasteiger partial charge is 0.491 e. The molecule has 0 aromatic heterocycles. The van der Waals surface area contributed by atoms with Crippen LogP contribution in [0.4, 0.5) is 0 Å². The molecule has 0 atom stereocenters. The van der Waals surface area contributed by atoms with Gasteiger partial charge in [-0.1, -0.05) is 24.3 Å². The molecule has 0 saturated carbocycles. The van der Waals surface area contributed by atoms with E-state index >= 15 is 0 Å². The topological polar surface area (TPSA) is 98.2 Å². The molecule has 0 aliphatic carbocycles. The van der Waals surface area contributed by atoms with Gasteiger partial charge in [-0.2, -0.15) is 0 Å². The van der Waals surface area contributed by atoms with Crippen LogP contribution >= 0.6 is 0 Å². The Balaban J connectivity index is 1.36. The smallest absolute Gasteiger partial charge is 0.119 e. The third-order valence-electron chi connectivity index (χ3n) is 4.01. The molecule has 4 N–H and O–H groups in total. The maximum atomic E-state index is 5.62. The van der Waals surface area contributed by atoms with Crippen molar-refractivity contribution in [2.24, 2.45) is 11.5 Å². The van der Waals surface area contributed by atoms with Crippen LogP contribution < -0.4 is 20.9 Å². The van der Waals surface area contributed by atoms with Crippen molar-refractivity contribution in [2.75, 3.05) is 52.9 Å². The molecule has 0 aliphatic rings. The van der Waals surface area contributed by atoms with Crippen LogP contribution in [-0.4, -0.2) is 52.9 Å². The molecule has 160 valence electrons. The lowest BCUT2D eigenvalue weighted by Gasteiger charge is -2.09. The molecule has 7 heteroatoms. The summed E-state index contributed by atoms with van der Waals surface area (Å²) in [7, 11) is 0. The predicted molar refractivity (Wildman–Crippen MR) is 112 cm³/mol. The van der Waals surface area contributed by atoms with Gasteiger partial charge in [0, 0.05) is 13.1 Å². The van der Waals surface area contributed by atoms with Gasteiger partial charge >= 0.3 is 0 Å². The molecule has 0 bridgehead atoms. The highest BCUT2D eigenvalue weighted by Gasteiger charge is 1.98. The van der Waals surface area contributed by atoms with Crippen molar-refractivity contribution in [2.45, 2.75) is 13.1 Å². The third-order valence-corrected chi connectivity index (χ3v) is 4.01. The van der Waals surface area contributed by atoms with E-state index in [9.17, 15) is 0 Å². The molecule has 0 amide bonds. The molecule has 0 heterocycles. The van der Waals surface area contributed by atoms with E-state index in [4.69, 9.17) is 35.2 Å². The minimum Gasteiger partial charge on any atom is -0.491 e. The average molecular weight is 405 g/mol. The Labute approximate surface area is 172 Å². The second-order valence-electron chi connectivity index (χ2n) is 6.24. The van der Waals surface area contributed by atoms with Crippen molar-refractivity contribution < 1.29 is 23.7 Å². The van der Waals surface area contributed by atoms with Crippen molar-refractivity contribution in [3.05, 3.63) is 59.7 Å². The minimum absolute atomic E-state index is 0.491. The highest BCUT2D eigenvalue weighted by atomic mass is 16.6. The fourth-order valence-corrected chi connectivity index (χ4v) is 2.50. The van der Waals surface area contributed by atoms with Gasteiger partial charge in [-0.05, 0) is 35.4 Å². The van der Waals surface area contributed by atoms with Crippen molar-refractivity contribution in [1.29, 1.82) is 0 Å². The zero-order valence-electron chi connectivity index (χ0n) is 16.9. The number of benzene rings is 2. The van der Waals surface area contributed by atoms with Gasteiger partial charge in [0.05, 0.1) is 39.6 Å². The summed E-state index contributed by atoms with van der Waals surface area (Å²) in [5.74, 6) is 1.61. The van der Waals surface area contributed by atoms with Crippen LogP contribution in [0.2, 0.25) is 0 Å². The first-order chi connectivity index (χ1) is 14.3. The third kappa shape index (κ3) is 10.3. The van der Waals surface area contributed by atoms with Gasteiger partial charge in [-0.15, -0.1) is 0 Å². The van der Waals surface area contributed by atoms with Crippen molar-refractivity contribution in [3.63, 3.8) is 0 Å². The Hall–Kier alpha value is -2.16. The highest BCUT2D eigenvalue weighted by molar-refractivity contribution is 5.29. The first-order valence-electron chi connectivity index (χ1n) is 9.88. The first kappa shape index (κ1) is 23.1. The minimum atomic E-state index is 0.491. The summed E-state index contributed by atoms with van der Waals surface area (Å²) in [6.07, 6.45) is 0. The van der Waals surface area contributed by atoms with Gasteiger partial charge in [0.15, 0.2) is 0 Å². The molecular formula is C22H32N2O5. The maximum Gasteiger partial charge on any atom is 0.119 e. The van der Waals surface area contributed by atoms with Crippen LogP contribution in [0.3, 0.4) is 0 Å². The molecule has 2 aromatic rings. The van der Waals surface area contributed by atoms with Crippen LogP contribution in [0.25, 0.3) is 0 Å². The zero-order chi connectivity index (χ0) is 20.6. The SMILES string of the molecule is NCc1cccc(OCCOCCOCCOCCOc2cccc(CN)c2)c1. The summed E-state index contributed by atoms with van der Waals surface area (Å²) < 4.78 is 27.7. The summed E-state index contributed by atoms with van der Waals surface area (Å²) in [5.41, 5.74) is 13.3. The van der Waals surface area contributed by atoms with E-state index in [1.54, 1.807) is 0 Å². The number of rotatable bonds is 16. The summed E-state index contributed by atoms with van der Waals surface area (Å²) in [5, 5.41) is 0. The van der Waals surface area contributed by atoms with Gasteiger partial charge in [-0.25, -0.2) is 0 Å². The van der Waals surface area contributed by atoms with E-state index in [1.807, 2.05) is 48.5 Å². The van der Waals surface area contributed by atoms with Crippen LogP contribution in [0, 0.1) is 0 Å². The van der Waals surface area contributed by atoms with Crippen LogP contribution in [0.5, 0.6) is 11.5 Å². The van der Waals surface area contributed by atoms with E-state index in [2.05, 4.69) is 0 Å². The molecule has 0 radical (unpaired) electrons. The normalized spacial score (nSPS) is 10.8. The Morgan fingerprint density at radius 2 is 0.897 bits per heavy atom. The van der Waals surface area contributed by atoms with Gasteiger partial charge in [-0.3, -0.25) is 0 Å². The lowest BCUT2D eigenvalue weighted by molar-refractivity contribution is 0.00498. The molecule has 7 nitrogen and oxygen atoms in total. The first-order valence-corrected chi connectivity index (χ1v) is 9.88. The van der Waals surface area contributed by atoms with Gasteiger partial charge in [0.25, 0.3) is 0 Å². The van der Waals surface area contributed by atoms with E-state index in [0.717, 1.165) is 22.6 Å². The van der Waals surface area contributed by atoms with Crippen LogP contribution in [0.15, 0.2) is 48.5 Å². The molecule has 29 heavy (non-hydrogen) atoms. The molecule has 0 saturated heterocycles. The molecular weight excluding hydrogens is 372 g/mol. The highest BCUT2D eigenvalue weighted by Crippen LogP contribution is 2.13. The molecule has 0 unspecified atom stereocenters. The quantitative estimate of drug-likeness (QED) is 0.414. The summed E-state index contributed by atoms with van der Waals surface area (Å²) in [6, 6.07) is 15.5. The summed E-state index contributed by atoms with van der Waals surface area (Å²) >= 11 is 0.